The highest BCUT2D eigenvalue weighted by molar-refractivity contribution is 7.12. The highest BCUT2D eigenvalue weighted by Gasteiger charge is 2.15. The van der Waals surface area contributed by atoms with Gasteiger partial charge in [0.1, 0.15) is 6.10 Å². The fourth-order valence-corrected chi connectivity index (χ4v) is 2.46. The fraction of sp³-hybridized carbons (Fsp3) is 0.364. The molecule has 0 saturated heterocycles. The van der Waals surface area contributed by atoms with Crippen LogP contribution in [0.25, 0.3) is 0 Å². The van der Waals surface area contributed by atoms with Gasteiger partial charge >= 0.3 is 0 Å². The van der Waals surface area contributed by atoms with E-state index < -0.39 is 6.10 Å². The molecule has 2 aromatic rings. The summed E-state index contributed by atoms with van der Waals surface area (Å²) in [5.41, 5.74) is 0.861. The van der Waals surface area contributed by atoms with E-state index in [-0.39, 0.29) is 0 Å². The Morgan fingerprint density at radius 1 is 1.47 bits per heavy atom. The monoisotopic (exact) mass is 222 g/mol. The summed E-state index contributed by atoms with van der Waals surface area (Å²) in [4.78, 5) is 2.19. The molecule has 0 aliphatic rings. The molecule has 2 heterocycles. The Morgan fingerprint density at radius 2 is 2.27 bits per heavy atom. The van der Waals surface area contributed by atoms with Crippen molar-refractivity contribution >= 4 is 11.3 Å². The summed E-state index contributed by atoms with van der Waals surface area (Å²) in [6, 6.07) is 5.86. The van der Waals surface area contributed by atoms with E-state index in [4.69, 9.17) is 0 Å². The van der Waals surface area contributed by atoms with Gasteiger partial charge in [0.15, 0.2) is 0 Å². The summed E-state index contributed by atoms with van der Waals surface area (Å²) in [5, 5.41) is 14.3. The van der Waals surface area contributed by atoms with Gasteiger partial charge in [-0.05, 0) is 32.0 Å². The molecule has 1 atom stereocenters. The first-order valence-electron chi connectivity index (χ1n) is 4.98. The van der Waals surface area contributed by atoms with Crippen molar-refractivity contribution in [2.24, 2.45) is 0 Å². The highest BCUT2D eigenvalue weighted by Crippen LogP contribution is 2.27. The number of nitrogens with zero attached hydrogens (tertiary/aromatic N) is 2. The molecule has 0 radical (unpaired) electrons. The minimum Gasteiger partial charge on any atom is -0.381 e. The Kier molecular flexibility index (Phi) is 2.88. The van der Waals surface area contributed by atoms with Gasteiger partial charge in [-0.1, -0.05) is 0 Å². The SMILES string of the molecule is CCn1nccc1C(O)c1ccc(C)s1. The zero-order valence-corrected chi connectivity index (χ0v) is 9.66. The van der Waals surface area contributed by atoms with Gasteiger partial charge in [-0.3, -0.25) is 4.68 Å². The minimum atomic E-state index is -0.550. The number of hydrogen-bond donors (Lipinski definition) is 1. The molecule has 0 aliphatic heterocycles. The van der Waals surface area contributed by atoms with Gasteiger partial charge in [0.05, 0.1) is 5.69 Å². The quantitative estimate of drug-likeness (QED) is 0.865. The molecule has 4 heteroatoms. The van der Waals surface area contributed by atoms with Crippen molar-refractivity contribution < 1.29 is 5.11 Å². The van der Waals surface area contributed by atoms with Crippen molar-refractivity contribution in [3.8, 4) is 0 Å². The lowest BCUT2D eigenvalue weighted by molar-refractivity contribution is 0.212. The third kappa shape index (κ3) is 1.96. The van der Waals surface area contributed by atoms with E-state index in [2.05, 4.69) is 5.10 Å². The summed E-state index contributed by atoms with van der Waals surface area (Å²) < 4.78 is 1.82. The number of thiophene rings is 1. The minimum absolute atomic E-state index is 0.550. The lowest BCUT2D eigenvalue weighted by Gasteiger charge is -2.10. The first kappa shape index (κ1) is 10.4. The summed E-state index contributed by atoms with van der Waals surface area (Å²) in [6.45, 7) is 4.84. The van der Waals surface area contributed by atoms with Crippen molar-refractivity contribution in [3.63, 3.8) is 0 Å². The Labute approximate surface area is 93.0 Å². The van der Waals surface area contributed by atoms with Crippen molar-refractivity contribution in [2.75, 3.05) is 0 Å². The van der Waals surface area contributed by atoms with E-state index in [0.717, 1.165) is 17.1 Å². The van der Waals surface area contributed by atoms with E-state index in [1.54, 1.807) is 17.5 Å². The molecule has 0 spiro atoms. The van der Waals surface area contributed by atoms with Gasteiger partial charge in [0, 0.05) is 22.5 Å². The van der Waals surface area contributed by atoms with Crippen LogP contribution in [0.4, 0.5) is 0 Å². The third-order valence-corrected chi connectivity index (χ3v) is 3.41. The summed E-state index contributed by atoms with van der Waals surface area (Å²) in [7, 11) is 0. The highest BCUT2D eigenvalue weighted by atomic mass is 32.1. The van der Waals surface area contributed by atoms with Crippen molar-refractivity contribution in [3.05, 3.63) is 39.8 Å². The number of aliphatic hydroxyl groups excluding tert-OH is 1. The van der Waals surface area contributed by atoms with Gasteiger partial charge in [0.2, 0.25) is 0 Å². The van der Waals surface area contributed by atoms with Crippen LogP contribution in [0.5, 0.6) is 0 Å². The molecule has 2 rings (SSSR count). The number of hydrogen-bond acceptors (Lipinski definition) is 3. The zero-order chi connectivity index (χ0) is 10.8. The van der Waals surface area contributed by atoms with E-state index in [9.17, 15) is 5.11 Å². The summed E-state index contributed by atoms with van der Waals surface area (Å²) >= 11 is 1.62. The van der Waals surface area contributed by atoms with Crippen LogP contribution in [0.3, 0.4) is 0 Å². The summed E-state index contributed by atoms with van der Waals surface area (Å²) in [5.74, 6) is 0. The van der Waals surface area contributed by atoms with Crippen molar-refractivity contribution in [1.29, 1.82) is 0 Å². The van der Waals surface area contributed by atoms with Crippen molar-refractivity contribution in [1.82, 2.24) is 9.78 Å². The predicted octanol–water partition coefficient (Wildman–Crippen LogP) is 2.35. The number of aromatic nitrogens is 2. The molecule has 0 aliphatic carbocycles. The smallest absolute Gasteiger partial charge is 0.130 e. The Morgan fingerprint density at radius 3 is 2.87 bits per heavy atom. The van der Waals surface area contributed by atoms with Gasteiger partial charge in [-0.25, -0.2) is 0 Å². The maximum absolute atomic E-state index is 10.2. The van der Waals surface area contributed by atoms with Gasteiger partial charge < -0.3 is 5.11 Å². The second kappa shape index (κ2) is 4.16. The van der Waals surface area contributed by atoms with Gasteiger partial charge in [0.25, 0.3) is 0 Å². The molecule has 80 valence electrons. The Hall–Kier alpha value is -1.13. The average molecular weight is 222 g/mol. The number of rotatable bonds is 3. The maximum atomic E-state index is 10.2. The molecule has 0 saturated carbocycles. The van der Waals surface area contributed by atoms with E-state index in [1.165, 1.54) is 4.88 Å². The van der Waals surface area contributed by atoms with E-state index in [1.807, 2.05) is 36.7 Å². The van der Waals surface area contributed by atoms with Gasteiger partial charge in [-0.15, -0.1) is 11.3 Å². The molecular weight excluding hydrogens is 208 g/mol. The zero-order valence-electron chi connectivity index (χ0n) is 8.84. The van der Waals surface area contributed by atoms with Gasteiger partial charge in [-0.2, -0.15) is 5.10 Å². The molecule has 1 unspecified atom stereocenters. The first-order chi connectivity index (χ1) is 7.22. The standard InChI is InChI=1S/C11H14N2OS/c1-3-13-9(6-7-12-13)11(14)10-5-4-8(2)15-10/h4-7,11,14H,3H2,1-2H3. The molecular formula is C11H14N2OS. The molecule has 1 N–H and O–H groups in total. The van der Waals surface area contributed by atoms with Crippen LogP contribution in [-0.2, 0) is 6.54 Å². The molecule has 15 heavy (non-hydrogen) atoms. The van der Waals surface area contributed by atoms with E-state index >= 15 is 0 Å². The molecule has 0 aromatic carbocycles. The van der Waals surface area contributed by atoms with Crippen LogP contribution >= 0.6 is 11.3 Å². The molecule has 0 amide bonds. The lowest BCUT2D eigenvalue weighted by Crippen LogP contribution is -2.07. The number of aliphatic hydroxyl groups is 1. The van der Waals surface area contributed by atoms with Crippen LogP contribution in [0.15, 0.2) is 24.4 Å². The number of aryl methyl sites for hydroxylation is 2. The molecule has 0 fully saturated rings. The van der Waals surface area contributed by atoms with Crippen LogP contribution in [0, 0.1) is 6.92 Å². The maximum Gasteiger partial charge on any atom is 0.130 e. The second-order valence-electron chi connectivity index (χ2n) is 3.42. The Bertz CT molecular complexity index is 447. The summed E-state index contributed by atoms with van der Waals surface area (Å²) in [6.07, 6.45) is 1.17. The molecule has 0 bridgehead atoms. The first-order valence-corrected chi connectivity index (χ1v) is 5.80. The van der Waals surface area contributed by atoms with Crippen LogP contribution in [-0.4, -0.2) is 14.9 Å². The normalized spacial score (nSPS) is 13.0. The predicted molar refractivity (Wildman–Crippen MR) is 61.0 cm³/mol. The third-order valence-electron chi connectivity index (χ3n) is 2.36. The lowest BCUT2D eigenvalue weighted by atomic mass is 10.2. The van der Waals surface area contributed by atoms with Crippen molar-refractivity contribution in [2.45, 2.75) is 26.5 Å². The fourth-order valence-electron chi connectivity index (χ4n) is 1.59. The molecule has 3 nitrogen and oxygen atoms in total. The van der Waals surface area contributed by atoms with Crippen LogP contribution in [0.2, 0.25) is 0 Å². The second-order valence-corrected chi connectivity index (χ2v) is 4.74. The largest absolute Gasteiger partial charge is 0.381 e. The Balaban J connectivity index is 2.31. The van der Waals surface area contributed by atoms with Crippen LogP contribution in [0.1, 0.15) is 28.5 Å². The van der Waals surface area contributed by atoms with E-state index in [0.29, 0.717) is 0 Å². The molecule has 2 aromatic heterocycles. The topological polar surface area (TPSA) is 38.0 Å². The average Bonchev–Trinajstić information content (AvgIpc) is 2.84. The van der Waals surface area contributed by atoms with Crippen LogP contribution < -0.4 is 0 Å².